The van der Waals surface area contributed by atoms with Crippen LogP contribution in [0.3, 0.4) is 0 Å². The zero-order valence-corrected chi connectivity index (χ0v) is 15.3. The zero-order valence-electron chi connectivity index (χ0n) is 15.3. The number of carbonyl (C=O) groups is 1. The Hall–Kier alpha value is -2.29. The first-order chi connectivity index (χ1) is 11.4. The fraction of sp³-hybridized carbons (Fsp3) is 0.381. The van der Waals surface area contributed by atoms with E-state index in [1.54, 1.807) is 12.1 Å². The molecule has 0 saturated carbocycles. The molecule has 2 rings (SSSR count). The number of benzene rings is 2. The van der Waals surface area contributed by atoms with Gasteiger partial charge in [0.15, 0.2) is 0 Å². The molecule has 0 aliphatic rings. The lowest BCUT2D eigenvalue weighted by molar-refractivity contribution is 0.0940. The highest BCUT2D eigenvalue weighted by Gasteiger charge is 2.14. The minimum Gasteiger partial charge on any atom is -0.494 e. The van der Waals surface area contributed by atoms with Gasteiger partial charge in [0.05, 0.1) is 12.6 Å². The van der Waals surface area contributed by atoms with Crippen LogP contribution in [0.2, 0.25) is 0 Å². The van der Waals surface area contributed by atoms with Gasteiger partial charge in [0.1, 0.15) is 5.75 Å². The summed E-state index contributed by atoms with van der Waals surface area (Å²) in [7, 11) is 0. The Kier molecular flexibility index (Phi) is 6.02. The fourth-order valence-corrected chi connectivity index (χ4v) is 2.73. The molecule has 0 bridgehead atoms. The molecular weight excluding hydrogens is 298 g/mol. The highest BCUT2D eigenvalue weighted by molar-refractivity contribution is 5.94. The van der Waals surface area contributed by atoms with E-state index in [4.69, 9.17) is 4.74 Å². The van der Waals surface area contributed by atoms with Gasteiger partial charge in [-0.05, 0) is 80.6 Å². The van der Waals surface area contributed by atoms with Gasteiger partial charge in [-0.15, -0.1) is 0 Å². The number of hydrogen-bond acceptors (Lipinski definition) is 2. The molecule has 0 aliphatic carbocycles. The van der Waals surface area contributed by atoms with Crippen molar-refractivity contribution in [2.24, 2.45) is 0 Å². The molecule has 0 heterocycles. The molecule has 0 radical (unpaired) electrons. The summed E-state index contributed by atoms with van der Waals surface area (Å²) in [6.07, 6.45) is 0.967. The first kappa shape index (κ1) is 18.1. The average molecular weight is 325 g/mol. The summed E-state index contributed by atoms with van der Waals surface area (Å²) in [6, 6.07) is 11.6. The van der Waals surface area contributed by atoms with Crippen molar-refractivity contribution in [2.45, 2.75) is 47.1 Å². The molecule has 1 amide bonds. The van der Waals surface area contributed by atoms with Crippen molar-refractivity contribution < 1.29 is 9.53 Å². The second-order valence-electron chi connectivity index (χ2n) is 6.36. The maximum atomic E-state index is 12.5. The number of ether oxygens (including phenoxy) is 1. The van der Waals surface area contributed by atoms with E-state index in [9.17, 15) is 4.79 Å². The summed E-state index contributed by atoms with van der Waals surface area (Å²) in [5.74, 6) is 0.730. The van der Waals surface area contributed by atoms with Crippen LogP contribution in [0, 0.1) is 20.8 Å². The molecule has 2 aromatic rings. The Balaban J connectivity index is 2.07. The second kappa shape index (κ2) is 8.00. The molecule has 3 heteroatoms. The van der Waals surface area contributed by atoms with E-state index in [-0.39, 0.29) is 11.9 Å². The molecule has 128 valence electrons. The van der Waals surface area contributed by atoms with Gasteiger partial charge in [-0.1, -0.05) is 19.1 Å². The van der Waals surface area contributed by atoms with E-state index in [1.165, 1.54) is 16.7 Å². The topological polar surface area (TPSA) is 38.3 Å². The zero-order chi connectivity index (χ0) is 17.7. The highest BCUT2D eigenvalue weighted by atomic mass is 16.5. The van der Waals surface area contributed by atoms with Gasteiger partial charge in [0.2, 0.25) is 0 Å². The third-order valence-corrected chi connectivity index (χ3v) is 4.29. The quantitative estimate of drug-likeness (QED) is 0.821. The second-order valence-corrected chi connectivity index (χ2v) is 6.36. The number of hydrogen-bond donors (Lipinski definition) is 1. The Labute approximate surface area is 145 Å². The summed E-state index contributed by atoms with van der Waals surface area (Å²) in [4.78, 5) is 12.5. The normalized spacial score (nSPS) is 11.9. The van der Waals surface area contributed by atoms with Crippen LogP contribution in [0.4, 0.5) is 0 Å². The Morgan fingerprint density at radius 2 is 1.67 bits per heavy atom. The predicted octanol–water partition coefficient (Wildman–Crippen LogP) is 4.89. The van der Waals surface area contributed by atoms with Crippen LogP contribution in [-0.4, -0.2) is 12.5 Å². The van der Waals surface area contributed by atoms with Crippen LogP contribution in [0.25, 0.3) is 0 Å². The molecular formula is C21H27NO2. The number of aryl methyl sites for hydroxylation is 3. The summed E-state index contributed by atoms with van der Waals surface area (Å²) in [5, 5.41) is 3.08. The molecule has 24 heavy (non-hydrogen) atoms. The Morgan fingerprint density at radius 1 is 1.04 bits per heavy atom. The fourth-order valence-electron chi connectivity index (χ4n) is 2.73. The van der Waals surface area contributed by atoms with Gasteiger partial charge in [-0.3, -0.25) is 4.79 Å². The van der Waals surface area contributed by atoms with Gasteiger partial charge < -0.3 is 10.1 Å². The van der Waals surface area contributed by atoms with Crippen molar-refractivity contribution in [3.8, 4) is 5.75 Å². The largest absolute Gasteiger partial charge is 0.494 e. The molecule has 0 spiro atoms. The molecule has 0 saturated heterocycles. The Bertz CT molecular complexity index is 705. The molecule has 2 aromatic carbocycles. The third-order valence-electron chi connectivity index (χ3n) is 4.29. The van der Waals surface area contributed by atoms with Crippen molar-refractivity contribution in [1.82, 2.24) is 5.32 Å². The summed E-state index contributed by atoms with van der Waals surface area (Å²) in [6.45, 7) is 11.1. The maximum absolute atomic E-state index is 12.5. The van der Waals surface area contributed by atoms with Crippen molar-refractivity contribution in [2.75, 3.05) is 6.61 Å². The maximum Gasteiger partial charge on any atom is 0.251 e. The number of rotatable bonds is 6. The summed E-state index contributed by atoms with van der Waals surface area (Å²) < 4.78 is 5.55. The third kappa shape index (κ3) is 4.38. The number of amides is 1. The predicted molar refractivity (Wildman–Crippen MR) is 98.8 cm³/mol. The van der Waals surface area contributed by atoms with E-state index >= 15 is 0 Å². The minimum atomic E-state index is -0.0674. The Morgan fingerprint density at radius 3 is 2.29 bits per heavy atom. The lowest BCUT2D eigenvalue weighted by Gasteiger charge is -2.18. The standard InChI is InChI=1S/C21H27NO2/c1-6-11-24-19-9-7-18(8-10-19)21(23)22-17(5)20-13-15(3)14(2)12-16(20)4/h7-10,12-13,17H,6,11H2,1-5H3,(H,22,23). The molecule has 0 aromatic heterocycles. The van der Waals surface area contributed by atoms with Crippen LogP contribution in [0.15, 0.2) is 36.4 Å². The van der Waals surface area contributed by atoms with Gasteiger partial charge in [-0.2, -0.15) is 0 Å². The molecule has 3 nitrogen and oxygen atoms in total. The molecule has 1 unspecified atom stereocenters. The molecule has 1 N–H and O–H groups in total. The molecule has 1 atom stereocenters. The van der Waals surface area contributed by atoms with Crippen LogP contribution in [-0.2, 0) is 0 Å². The lowest BCUT2D eigenvalue weighted by atomic mass is 9.96. The van der Waals surface area contributed by atoms with E-state index in [1.807, 2.05) is 19.1 Å². The van der Waals surface area contributed by atoms with E-state index in [0.717, 1.165) is 17.7 Å². The van der Waals surface area contributed by atoms with Crippen LogP contribution < -0.4 is 10.1 Å². The van der Waals surface area contributed by atoms with Crippen LogP contribution >= 0.6 is 0 Å². The van der Waals surface area contributed by atoms with E-state index < -0.39 is 0 Å². The van der Waals surface area contributed by atoms with Gasteiger partial charge >= 0.3 is 0 Å². The smallest absolute Gasteiger partial charge is 0.251 e. The SMILES string of the molecule is CCCOc1ccc(C(=O)NC(C)c2cc(C)c(C)cc2C)cc1. The van der Waals surface area contributed by atoms with Crippen LogP contribution in [0.1, 0.15) is 58.9 Å². The van der Waals surface area contributed by atoms with Gasteiger partial charge in [0, 0.05) is 5.56 Å². The van der Waals surface area contributed by atoms with Crippen molar-refractivity contribution in [3.63, 3.8) is 0 Å². The minimum absolute atomic E-state index is 0.0344. The highest BCUT2D eigenvalue weighted by Crippen LogP contribution is 2.22. The monoisotopic (exact) mass is 325 g/mol. The first-order valence-electron chi connectivity index (χ1n) is 8.53. The van der Waals surface area contributed by atoms with E-state index in [2.05, 4.69) is 45.1 Å². The molecule has 0 aliphatic heterocycles. The molecule has 0 fully saturated rings. The first-order valence-corrected chi connectivity index (χ1v) is 8.53. The summed E-state index contributed by atoms with van der Waals surface area (Å²) >= 11 is 0. The van der Waals surface area contributed by atoms with Crippen molar-refractivity contribution in [1.29, 1.82) is 0 Å². The van der Waals surface area contributed by atoms with Crippen LogP contribution in [0.5, 0.6) is 5.75 Å². The number of carbonyl (C=O) groups excluding carboxylic acids is 1. The van der Waals surface area contributed by atoms with Gasteiger partial charge in [-0.25, -0.2) is 0 Å². The summed E-state index contributed by atoms with van der Waals surface area (Å²) in [5.41, 5.74) is 5.53. The number of nitrogens with one attached hydrogen (secondary N) is 1. The van der Waals surface area contributed by atoms with Gasteiger partial charge in [0.25, 0.3) is 5.91 Å². The average Bonchev–Trinajstić information content (AvgIpc) is 2.56. The van der Waals surface area contributed by atoms with E-state index in [0.29, 0.717) is 12.2 Å². The van der Waals surface area contributed by atoms with Crippen molar-refractivity contribution in [3.05, 3.63) is 64.2 Å². The van der Waals surface area contributed by atoms with Crippen molar-refractivity contribution >= 4 is 5.91 Å². The lowest BCUT2D eigenvalue weighted by Crippen LogP contribution is -2.27.